The molecule has 0 aliphatic carbocycles. The largest absolute Gasteiger partial charge is 0.416 e. The molecule has 0 atom stereocenters. The lowest BCUT2D eigenvalue weighted by Gasteiger charge is -2.14. The number of aromatic nitrogens is 1. The van der Waals surface area contributed by atoms with Crippen LogP contribution in [0.4, 0.5) is 18.9 Å². The Morgan fingerprint density at radius 3 is 2.52 bits per heavy atom. The number of anilines is 1. The van der Waals surface area contributed by atoms with E-state index in [1.807, 2.05) is 30.3 Å². The third-order valence-electron chi connectivity index (χ3n) is 3.46. The summed E-state index contributed by atoms with van der Waals surface area (Å²) < 4.78 is 41.1. The van der Waals surface area contributed by atoms with Gasteiger partial charge < -0.3 is 10.3 Å². The number of hydrogen-bond acceptors (Lipinski definition) is 1. The minimum absolute atomic E-state index is 0.114. The molecule has 0 aliphatic rings. The summed E-state index contributed by atoms with van der Waals surface area (Å²) in [7, 11) is 0. The number of nitrogens with zero attached hydrogens (tertiary/aromatic N) is 1. The standard InChI is InChI=1S/C16H13F3N2/c17-16(18,19)14-9-13(20)6-5-12(14)10-21-8-7-11-3-1-2-4-15(11)21/h1-9H,10,20H2. The maximum Gasteiger partial charge on any atom is 0.416 e. The quantitative estimate of drug-likeness (QED) is 0.701. The first-order valence-electron chi connectivity index (χ1n) is 6.44. The number of alkyl halides is 3. The zero-order valence-corrected chi connectivity index (χ0v) is 11.1. The number of hydrogen-bond donors (Lipinski definition) is 1. The molecule has 2 aromatic carbocycles. The van der Waals surface area contributed by atoms with Gasteiger partial charge in [-0.05, 0) is 35.2 Å². The number of benzene rings is 2. The van der Waals surface area contributed by atoms with Gasteiger partial charge in [-0.15, -0.1) is 0 Å². The lowest BCUT2D eigenvalue weighted by Crippen LogP contribution is -2.12. The maximum atomic E-state index is 13.1. The molecule has 0 fully saturated rings. The monoisotopic (exact) mass is 290 g/mol. The summed E-state index contributed by atoms with van der Waals surface area (Å²) >= 11 is 0. The maximum absolute atomic E-state index is 13.1. The van der Waals surface area contributed by atoms with Gasteiger partial charge in [-0.3, -0.25) is 0 Å². The van der Waals surface area contributed by atoms with Crippen molar-refractivity contribution in [3.05, 3.63) is 65.9 Å². The highest BCUT2D eigenvalue weighted by molar-refractivity contribution is 5.80. The minimum Gasteiger partial charge on any atom is -0.399 e. The molecule has 3 rings (SSSR count). The van der Waals surface area contributed by atoms with Crippen molar-refractivity contribution in [1.82, 2.24) is 4.57 Å². The van der Waals surface area contributed by atoms with Crippen LogP contribution in [0.1, 0.15) is 11.1 Å². The van der Waals surface area contributed by atoms with Crippen LogP contribution < -0.4 is 5.73 Å². The van der Waals surface area contributed by atoms with Crippen LogP contribution in [0, 0.1) is 0 Å². The van der Waals surface area contributed by atoms with Crippen molar-refractivity contribution in [3.8, 4) is 0 Å². The molecule has 1 aromatic heterocycles. The first-order valence-corrected chi connectivity index (χ1v) is 6.44. The number of para-hydroxylation sites is 1. The normalized spacial score (nSPS) is 12.0. The minimum atomic E-state index is -4.41. The van der Waals surface area contributed by atoms with Gasteiger partial charge in [0.2, 0.25) is 0 Å². The van der Waals surface area contributed by atoms with Crippen molar-refractivity contribution < 1.29 is 13.2 Å². The molecule has 0 saturated heterocycles. The highest BCUT2D eigenvalue weighted by atomic mass is 19.4. The van der Waals surface area contributed by atoms with Crippen molar-refractivity contribution in [2.75, 3.05) is 5.73 Å². The van der Waals surface area contributed by atoms with Crippen molar-refractivity contribution in [2.45, 2.75) is 12.7 Å². The molecule has 0 spiro atoms. The topological polar surface area (TPSA) is 30.9 Å². The van der Waals surface area contributed by atoms with Crippen molar-refractivity contribution in [1.29, 1.82) is 0 Å². The zero-order valence-electron chi connectivity index (χ0n) is 11.1. The van der Waals surface area contributed by atoms with Crippen LogP contribution in [0.2, 0.25) is 0 Å². The van der Waals surface area contributed by atoms with Gasteiger partial charge in [-0.1, -0.05) is 24.3 Å². The number of nitrogen functional groups attached to an aromatic ring is 1. The first-order chi connectivity index (χ1) is 9.95. The van der Waals surface area contributed by atoms with Crippen LogP contribution in [0.25, 0.3) is 10.9 Å². The van der Waals surface area contributed by atoms with Crippen molar-refractivity contribution >= 4 is 16.6 Å². The molecule has 3 aromatic rings. The lowest BCUT2D eigenvalue weighted by molar-refractivity contribution is -0.138. The molecule has 108 valence electrons. The van der Waals surface area contributed by atoms with E-state index >= 15 is 0 Å². The van der Waals surface area contributed by atoms with Gasteiger partial charge in [0.25, 0.3) is 0 Å². The summed E-state index contributed by atoms with van der Waals surface area (Å²) in [6.07, 6.45) is -2.62. The molecular formula is C16H13F3N2. The zero-order chi connectivity index (χ0) is 15.0. The predicted molar refractivity (Wildman–Crippen MR) is 76.9 cm³/mol. The van der Waals surface area contributed by atoms with Gasteiger partial charge in [0.05, 0.1) is 5.56 Å². The van der Waals surface area contributed by atoms with Gasteiger partial charge >= 0.3 is 6.18 Å². The molecule has 2 nitrogen and oxygen atoms in total. The first kappa shape index (κ1) is 13.5. The van der Waals surface area contributed by atoms with Crippen LogP contribution >= 0.6 is 0 Å². The molecule has 0 amide bonds. The Morgan fingerprint density at radius 2 is 1.76 bits per heavy atom. The third kappa shape index (κ3) is 2.59. The van der Waals surface area contributed by atoms with Crippen LogP contribution in [0.15, 0.2) is 54.7 Å². The summed E-state index contributed by atoms with van der Waals surface area (Å²) in [4.78, 5) is 0. The van der Waals surface area contributed by atoms with Gasteiger partial charge in [0.1, 0.15) is 0 Å². The fourth-order valence-electron chi connectivity index (χ4n) is 2.46. The average Bonchev–Trinajstić information content (AvgIpc) is 2.83. The van der Waals surface area contributed by atoms with Crippen LogP contribution in [-0.4, -0.2) is 4.57 Å². The summed E-state index contributed by atoms with van der Waals surface area (Å²) in [6, 6.07) is 13.4. The summed E-state index contributed by atoms with van der Waals surface area (Å²) in [5.74, 6) is 0. The Balaban J connectivity index is 2.06. The molecule has 1 heterocycles. The Morgan fingerprint density at radius 1 is 1.00 bits per heavy atom. The van der Waals surface area contributed by atoms with Gasteiger partial charge in [-0.2, -0.15) is 13.2 Å². The van der Waals surface area contributed by atoms with E-state index in [1.165, 1.54) is 12.1 Å². The van der Waals surface area contributed by atoms with Crippen molar-refractivity contribution in [3.63, 3.8) is 0 Å². The number of halogens is 3. The second-order valence-electron chi connectivity index (χ2n) is 4.92. The number of fused-ring (bicyclic) bond motifs is 1. The van der Waals surface area contributed by atoms with Gasteiger partial charge in [0, 0.05) is 23.9 Å². The lowest BCUT2D eigenvalue weighted by atomic mass is 10.1. The smallest absolute Gasteiger partial charge is 0.399 e. The molecule has 0 saturated carbocycles. The van der Waals surface area contributed by atoms with Crippen molar-refractivity contribution in [2.24, 2.45) is 0 Å². The molecule has 0 radical (unpaired) electrons. The molecule has 0 unspecified atom stereocenters. The van der Waals surface area contributed by atoms with Crippen LogP contribution in [0.5, 0.6) is 0 Å². The van der Waals surface area contributed by atoms with E-state index in [9.17, 15) is 13.2 Å². The molecular weight excluding hydrogens is 277 g/mol. The number of rotatable bonds is 2. The Kier molecular flexibility index (Phi) is 3.12. The highest BCUT2D eigenvalue weighted by Gasteiger charge is 2.33. The molecule has 21 heavy (non-hydrogen) atoms. The van der Waals surface area contributed by atoms with E-state index in [0.717, 1.165) is 17.0 Å². The highest BCUT2D eigenvalue weighted by Crippen LogP contribution is 2.34. The van der Waals surface area contributed by atoms with Gasteiger partial charge in [0.15, 0.2) is 0 Å². The van der Waals surface area contributed by atoms with E-state index in [4.69, 9.17) is 5.73 Å². The van der Waals surface area contributed by atoms with Gasteiger partial charge in [-0.25, -0.2) is 0 Å². The molecule has 0 aliphatic heterocycles. The summed E-state index contributed by atoms with van der Waals surface area (Å²) in [6.45, 7) is 0.155. The van der Waals surface area contributed by atoms with E-state index in [1.54, 1.807) is 10.8 Å². The molecule has 0 bridgehead atoms. The third-order valence-corrected chi connectivity index (χ3v) is 3.46. The average molecular weight is 290 g/mol. The molecule has 2 N–H and O–H groups in total. The Bertz CT molecular complexity index is 788. The van der Waals surface area contributed by atoms with E-state index in [2.05, 4.69) is 0 Å². The Hall–Kier alpha value is -2.43. The predicted octanol–water partition coefficient (Wildman–Crippen LogP) is 4.29. The fraction of sp³-hybridized carbons (Fsp3) is 0.125. The van der Waals surface area contributed by atoms with E-state index in [-0.39, 0.29) is 17.8 Å². The second-order valence-corrected chi connectivity index (χ2v) is 4.92. The molecule has 5 heteroatoms. The number of nitrogens with two attached hydrogens (primary N) is 1. The summed E-state index contributed by atoms with van der Waals surface area (Å²) in [5.41, 5.74) is 6.03. The van der Waals surface area contributed by atoms with E-state index in [0.29, 0.717) is 0 Å². The van der Waals surface area contributed by atoms with Crippen LogP contribution in [-0.2, 0) is 12.7 Å². The summed E-state index contributed by atoms with van der Waals surface area (Å²) in [5, 5.41) is 1.00. The van der Waals surface area contributed by atoms with E-state index < -0.39 is 11.7 Å². The second kappa shape index (κ2) is 4.84. The van der Waals surface area contributed by atoms with Crippen LogP contribution in [0.3, 0.4) is 0 Å². The Labute approximate surface area is 119 Å². The SMILES string of the molecule is Nc1ccc(Cn2ccc3ccccc32)c(C(F)(F)F)c1. The fourth-order valence-corrected chi connectivity index (χ4v) is 2.46.